The molecule has 0 aliphatic carbocycles. The molecule has 298 valence electrons. The number of non-ortho nitro benzene ring substituents is 1. The Balaban J connectivity index is 1.41. The maximum atomic E-state index is 13.9. The van der Waals surface area contributed by atoms with Gasteiger partial charge in [-0.25, -0.2) is 4.68 Å². The Labute approximate surface area is 348 Å². The molecule has 0 saturated carbocycles. The number of halogens is 3. The van der Waals surface area contributed by atoms with Crippen molar-refractivity contribution in [2.24, 2.45) is 0 Å². The normalized spacial score (nSPS) is 11.6. The second-order valence-corrected chi connectivity index (χ2v) is 16.7. The number of carbonyl (C=O) groups is 3. The fourth-order valence-electron chi connectivity index (χ4n) is 5.72. The Kier molecular flexibility index (Phi) is 13.3. The van der Waals surface area contributed by atoms with Gasteiger partial charge in [-0.2, -0.15) is 0 Å². The monoisotopic (exact) mass is 851 g/mol. The summed E-state index contributed by atoms with van der Waals surface area (Å²) in [6.45, 7) is 12.6. The van der Waals surface area contributed by atoms with Crippen molar-refractivity contribution in [3.05, 3.63) is 131 Å². The van der Waals surface area contributed by atoms with Crippen LogP contribution in [0.25, 0.3) is 5.69 Å². The smallest absolute Gasteiger partial charge is 0.287 e. The van der Waals surface area contributed by atoms with Crippen LogP contribution in [0.15, 0.2) is 87.4 Å². The lowest BCUT2D eigenvalue weighted by Gasteiger charge is -2.30. The number of nitrogens with one attached hydrogen (secondary N) is 3. The first-order valence-corrected chi connectivity index (χ1v) is 19.7. The molecule has 2 amide bonds. The Hall–Kier alpha value is -5.08. The minimum Gasteiger partial charge on any atom is -0.483 e. The Morgan fingerprint density at radius 3 is 2.25 bits per heavy atom. The highest BCUT2D eigenvalue weighted by molar-refractivity contribution is 7.99. The van der Waals surface area contributed by atoms with Gasteiger partial charge in [0.05, 0.1) is 15.0 Å². The van der Waals surface area contributed by atoms with E-state index in [1.165, 1.54) is 42.0 Å². The summed E-state index contributed by atoms with van der Waals surface area (Å²) >= 11 is 19.8. The van der Waals surface area contributed by atoms with Gasteiger partial charge in [0.1, 0.15) is 22.2 Å². The summed E-state index contributed by atoms with van der Waals surface area (Å²) in [6, 6.07) is 18.6. The van der Waals surface area contributed by atoms with Gasteiger partial charge in [-0.3, -0.25) is 34.4 Å². The molecular formula is C41H40Cl3N5O7S. The molecule has 1 aromatic heterocycles. The van der Waals surface area contributed by atoms with Crippen LogP contribution in [-0.4, -0.2) is 39.4 Å². The summed E-state index contributed by atoms with van der Waals surface area (Å²) in [5.41, 5.74) is 1.33. The van der Waals surface area contributed by atoms with Gasteiger partial charge in [0.25, 0.3) is 23.1 Å². The summed E-state index contributed by atoms with van der Waals surface area (Å²) in [5.74, 6) is -0.608. The number of benzene rings is 4. The highest BCUT2D eigenvalue weighted by Gasteiger charge is 2.28. The Morgan fingerprint density at radius 1 is 0.930 bits per heavy atom. The number of rotatable bonds is 15. The van der Waals surface area contributed by atoms with Crippen LogP contribution >= 0.6 is 46.6 Å². The average molecular weight is 853 g/mol. The van der Waals surface area contributed by atoms with Crippen LogP contribution in [0.3, 0.4) is 0 Å². The first-order valence-electron chi connectivity index (χ1n) is 17.8. The van der Waals surface area contributed by atoms with Crippen LogP contribution in [0.2, 0.25) is 15.1 Å². The lowest BCUT2D eigenvalue weighted by molar-refractivity contribution is -0.384. The van der Waals surface area contributed by atoms with E-state index in [2.05, 4.69) is 63.3 Å². The number of ether oxygens (including phenoxy) is 1. The topological polar surface area (TPSA) is 165 Å². The van der Waals surface area contributed by atoms with Crippen LogP contribution in [0.5, 0.6) is 5.75 Å². The van der Waals surface area contributed by atoms with E-state index in [-0.39, 0.29) is 70.6 Å². The predicted molar refractivity (Wildman–Crippen MR) is 226 cm³/mol. The zero-order chi connectivity index (χ0) is 41.8. The second kappa shape index (κ2) is 17.6. The number of H-pyrrole nitrogens is 1. The van der Waals surface area contributed by atoms with Crippen molar-refractivity contribution in [2.45, 2.75) is 75.0 Å². The number of hydrogen-bond acceptors (Lipinski definition) is 8. The number of carbonyl (C=O) groups excluding carboxylic acids is 3. The van der Waals surface area contributed by atoms with Crippen LogP contribution < -0.4 is 20.9 Å². The van der Waals surface area contributed by atoms with E-state index in [0.29, 0.717) is 17.7 Å². The molecule has 4 aromatic carbocycles. The third-order valence-electron chi connectivity index (χ3n) is 9.86. The van der Waals surface area contributed by atoms with Crippen LogP contribution in [0.1, 0.15) is 86.2 Å². The van der Waals surface area contributed by atoms with Crippen molar-refractivity contribution < 1.29 is 24.0 Å². The van der Waals surface area contributed by atoms with E-state index >= 15 is 0 Å². The van der Waals surface area contributed by atoms with Gasteiger partial charge < -0.3 is 15.4 Å². The number of aromatic nitrogens is 2. The number of aldehydes is 1. The summed E-state index contributed by atoms with van der Waals surface area (Å²) < 4.78 is 7.08. The molecule has 0 spiro atoms. The highest BCUT2D eigenvalue weighted by Crippen LogP contribution is 2.39. The van der Waals surface area contributed by atoms with E-state index in [9.17, 15) is 29.3 Å². The van der Waals surface area contributed by atoms with E-state index < -0.39 is 22.3 Å². The Morgan fingerprint density at radius 2 is 1.61 bits per heavy atom. The lowest BCUT2D eigenvalue weighted by Crippen LogP contribution is -2.24. The molecule has 0 bridgehead atoms. The van der Waals surface area contributed by atoms with Crippen LogP contribution in [0.4, 0.5) is 17.2 Å². The molecule has 0 unspecified atom stereocenters. The SMILES string of the molecule is CCC(C)(C)c1ccc(OCC(=O)Nc2cccc(C(=O)Nc3[nH]n(-c4c(Cl)cc(Cl)cc4Cl)c(=O)c3Sc3ccc([N+](=O)[O-])cc3C=O)c2)c(C(C)(C)CC)c1. The number of amides is 2. The summed E-state index contributed by atoms with van der Waals surface area (Å²) in [5, 5.41) is 19.9. The van der Waals surface area contributed by atoms with Gasteiger partial charge in [-0.1, -0.05) is 106 Å². The molecule has 0 saturated heterocycles. The largest absolute Gasteiger partial charge is 0.483 e. The first-order chi connectivity index (χ1) is 26.9. The van der Waals surface area contributed by atoms with E-state index in [1.807, 2.05) is 12.1 Å². The summed E-state index contributed by atoms with van der Waals surface area (Å²) in [6.07, 6.45) is 2.24. The standard InChI is InChI=1S/C41H40Cl3N5O7S/c1-7-40(3,4)25-12-14-32(29(18-25)41(5,6)8-2)56-22-34(51)45-27-11-9-10-23(16-27)38(52)46-37-36(57-33-15-13-28(49(54)55)17-24(33)21-50)39(53)48(47-37)35-30(43)19-26(42)20-31(35)44/h9-21,47H,7-8,22H2,1-6H3,(H,45,51)(H,46,52). The van der Waals surface area contributed by atoms with Gasteiger partial charge in [-0.15, -0.1) is 0 Å². The average Bonchev–Trinajstić information content (AvgIpc) is 3.46. The van der Waals surface area contributed by atoms with Crippen molar-refractivity contribution in [2.75, 3.05) is 17.2 Å². The van der Waals surface area contributed by atoms with Crippen LogP contribution in [0, 0.1) is 10.1 Å². The van der Waals surface area contributed by atoms with Gasteiger partial charge in [0.2, 0.25) is 0 Å². The zero-order valence-electron chi connectivity index (χ0n) is 31.9. The highest BCUT2D eigenvalue weighted by atomic mass is 35.5. The molecule has 57 heavy (non-hydrogen) atoms. The number of hydrogen-bond donors (Lipinski definition) is 3. The van der Waals surface area contributed by atoms with Gasteiger partial charge in [0, 0.05) is 44.4 Å². The molecule has 0 fully saturated rings. The quantitative estimate of drug-likeness (QED) is 0.0532. The zero-order valence-corrected chi connectivity index (χ0v) is 35.0. The molecule has 12 nitrogen and oxygen atoms in total. The van der Waals surface area contributed by atoms with Crippen molar-refractivity contribution in [1.82, 2.24) is 9.78 Å². The molecule has 0 aliphatic rings. The Bertz CT molecular complexity index is 2420. The fraction of sp³-hybridized carbons (Fsp3) is 0.268. The molecule has 5 aromatic rings. The third-order valence-corrected chi connectivity index (χ3v) is 11.8. The number of anilines is 2. The molecule has 5 rings (SSSR count). The minimum absolute atomic E-state index is 0.0179. The van der Waals surface area contributed by atoms with Crippen molar-refractivity contribution in [3.63, 3.8) is 0 Å². The van der Waals surface area contributed by atoms with Gasteiger partial charge in [0.15, 0.2) is 12.9 Å². The molecular weight excluding hydrogens is 813 g/mol. The maximum Gasteiger partial charge on any atom is 0.287 e. The van der Waals surface area contributed by atoms with Gasteiger partial charge >= 0.3 is 0 Å². The third kappa shape index (κ3) is 9.73. The molecule has 3 N–H and O–H groups in total. The van der Waals surface area contributed by atoms with E-state index in [1.54, 1.807) is 12.1 Å². The van der Waals surface area contributed by atoms with Crippen LogP contribution in [-0.2, 0) is 15.6 Å². The number of nitro benzene ring substituents is 1. The van der Waals surface area contributed by atoms with E-state index in [0.717, 1.165) is 40.9 Å². The van der Waals surface area contributed by atoms with Crippen molar-refractivity contribution >= 4 is 81.9 Å². The van der Waals surface area contributed by atoms with Crippen molar-refractivity contribution in [3.8, 4) is 11.4 Å². The number of nitrogens with zero attached hydrogens (tertiary/aromatic N) is 2. The fourth-order valence-corrected chi connectivity index (χ4v) is 7.66. The molecule has 0 radical (unpaired) electrons. The molecule has 1 heterocycles. The van der Waals surface area contributed by atoms with Gasteiger partial charge in [-0.05, 0) is 71.7 Å². The van der Waals surface area contributed by atoms with Crippen molar-refractivity contribution in [1.29, 1.82) is 0 Å². The van der Waals surface area contributed by atoms with E-state index in [4.69, 9.17) is 39.5 Å². The first kappa shape index (κ1) is 43.1. The number of nitro groups is 1. The molecule has 0 atom stereocenters. The minimum atomic E-state index is -0.716. The predicted octanol–water partition coefficient (Wildman–Crippen LogP) is 10.6. The molecule has 16 heteroatoms. The second-order valence-electron chi connectivity index (χ2n) is 14.4. The number of aromatic amines is 1. The lowest BCUT2D eigenvalue weighted by atomic mass is 9.76. The summed E-state index contributed by atoms with van der Waals surface area (Å²) in [7, 11) is 0. The molecule has 0 aliphatic heterocycles. The summed E-state index contributed by atoms with van der Waals surface area (Å²) in [4.78, 5) is 63.6. The maximum absolute atomic E-state index is 13.9.